The van der Waals surface area contributed by atoms with E-state index in [1.54, 1.807) is 7.05 Å². The van der Waals surface area contributed by atoms with Crippen LogP contribution in [0, 0.1) is 6.92 Å². The van der Waals surface area contributed by atoms with Crippen LogP contribution in [0.4, 0.5) is 0 Å². The Morgan fingerprint density at radius 3 is 2.76 bits per heavy atom. The first-order chi connectivity index (χ1) is 13.7. The van der Waals surface area contributed by atoms with Crippen LogP contribution >= 0.6 is 35.6 Å². The average Bonchev–Trinajstić information content (AvgIpc) is 3.20. The molecule has 0 bridgehead atoms. The van der Waals surface area contributed by atoms with E-state index in [1.807, 2.05) is 24.3 Å². The largest absolute Gasteiger partial charge is 0.488 e. The Hall–Kier alpha value is -1.51. The van der Waals surface area contributed by atoms with Gasteiger partial charge in [0, 0.05) is 37.1 Å². The molecule has 1 atom stereocenters. The summed E-state index contributed by atoms with van der Waals surface area (Å²) < 4.78 is 11.6. The lowest BCUT2D eigenvalue weighted by Gasteiger charge is -2.18. The second kappa shape index (κ2) is 12.2. The summed E-state index contributed by atoms with van der Waals surface area (Å²) in [6, 6.07) is 14.2. The molecular weight excluding hydrogens is 501 g/mol. The van der Waals surface area contributed by atoms with Gasteiger partial charge in [0.2, 0.25) is 0 Å². The van der Waals surface area contributed by atoms with E-state index >= 15 is 0 Å². The molecule has 1 fully saturated rings. The number of ether oxygens (including phenoxy) is 2. The molecule has 0 aliphatic carbocycles. The molecule has 0 aromatic heterocycles. The fourth-order valence-electron chi connectivity index (χ4n) is 3.12. The molecule has 1 heterocycles. The molecule has 1 unspecified atom stereocenters. The van der Waals surface area contributed by atoms with Crippen molar-refractivity contribution in [3.05, 3.63) is 64.2 Å². The highest BCUT2D eigenvalue weighted by Gasteiger charge is 2.18. The summed E-state index contributed by atoms with van der Waals surface area (Å²) in [6.45, 7) is 4.89. The van der Waals surface area contributed by atoms with Gasteiger partial charge in [-0.05, 0) is 36.6 Å². The van der Waals surface area contributed by atoms with Crippen LogP contribution in [0.2, 0.25) is 5.02 Å². The van der Waals surface area contributed by atoms with Crippen LogP contribution in [0.3, 0.4) is 0 Å². The highest BCUT2D eigenvalue weighted by atomic mass is 127. The number of hydrogen-bond acceptors (Lipinski definition) is 3. The Bertz CT molecular complexity index is 810. The molecule has 1 aliphatic rings. The summed E-state index contributed by atoms with van der Waals surface area (Å²) in [6.07, 6.45) is 1.90. The van der Waals surface area contributed by atoms with Gasteiger partial charge in [0.05, 0.1) is 13.2 Å². The highest BCUT2D eigenvalue weighted by Crippen LogP contribution is 2.23. The normalized spacial score (nSPS) is 16.2. The maximum absolute atomic E-state index is 6.22. The van der Waals surface area contributed by atoms with E-state index in [4.69, 9.17) is 21.1 Å². The van der Waals surface area contributed by atoms with E-state index < -0.39 is 0 Å². The van der Waals surface area contributed by atoms with Crippen molar-refractivity contribution in [1.82, 2.24) is 10.6 Å². The highest BCUT2D eigenvalue weighted by molar-refractivity contribution is 14.0. The van der Waals surface area contributed by atoms with Crippen LogP contribution in [0.1, 0.15) is 23.1 Å². The minimum atomic E-state index is 0. The number of guanidine groups is 1. The van der Waals surface area contributed by atoms with Gasteiger partial charge < -0.3 is 20.1 Å². The lowest BCUT2D eigenvalue weighted by atomic mass is 10.1. The standard InChI is InChI=1S/C22H28ClN3O2.HI/c1-16-7-8-18(21(13-16)28-19-10-12-27-15-19)14-26-22(24-2)25-11-9-17-5-3-4-6-20(17)23;/h3-8,13,19H,9-12,14-15H2,1-2H3,(H2,24,25,26);1H. The quantitative estimate of drug-likeness (QED) is 0.318. The molecule has 1 saturated heterocycles. The van der Waals surface area contributed by atoms with E-state index in [-0.39, 0.29) is 30.1 Å². The van der Waals surface area contributed by atoms with Gasteiger partial charge in [-0.15, -0.1) is 24.0 Å². The molecule has 7 heteroatoms. The number of nitrogens with zero attached hydrogens (tertiary/aromatic N) is 1. The van der Waals surface area contributed by atoms with E-state index in [0.717, 1.165) is 53.9 Å². The number of halogens is 2. The number of hydrogen-bond donors (Lipinski definition) is 2. The Kier molecular flexibility index (Phi) is 10.0. The van der Waals surface area contributed by atoms with Crippen molar-refractivity contribution >= 4 is 41.5 Å². The van der Waals surface area contributed by atoms with Gasteiger partial charge in [0.25, 0.3) is 0 Å². The van der Waals surface area contributed by atoms with Crippen LogP contribution in [0.5, 0.6) is 5.75 Å². The number of nitrogens with one attached hydrogen (secondary N) is 2. The van der Waals surface area contributed by atoms with Gasteiger partial charge in [-0.1, -0.05) is 41.9 Å². The maximum Gasteiger partial charge on any atom is 0.191 e. The second-order valence-corrected chi connectivity index (χ2v) is 7.32. The van der Waals surface area contributed by atoms with Gasteiger partial charge in [0.15, 0.2) is 5.96 Å². The lowest BCUT2D eigenvalue weighted by Crippen LogP contribution is -2.38. The summed E-state index contributed by atoms with van der Waals surface area (Å²) in [5.74, 6) is 1.66. The van der Waals surface area contributed by atoms with Crippen molar-refractivity contribution < 1.29 is 9.47 Å². The molecule has 2 aromatic carbocycles. The first-order valence-electron chi connectivity index (χ1n) is 9.67. The van der Waals surface area contributed by atoms with Crippen molar-refractivity contribution in [2.75, 3.05) is 26.8 Å². The monoisotopic (exact) mass is 529 g/mol. The Balaban J connectivity index is 0.00000300. The smallest absolute Gasteiger partial charge is 0.191 e. The summed E-state index contributed by atoms with van der Waals surface area (Å²) in [5.41, 5.74) is 3.41. The van der Waals surface area contributed by atoms with E-state index in [2.05, 4.69) is 40.7 Å². The van der Waals surface area contributed by atoms with Gasteiger partial charge in [-0.3, -0.25) is 4.99 Å². The summed E-state index contributed by atoms with van der Waals surface area (Å²) in [5, 5.41) is 7.50. The van der Waals surface area contributed by atoms with Crippen LogP contribution < -0.4 is 15.4 Å². The molecule has 0 spiro atoms. The third-order valence-corrected chi connectivity index (χ3v) is 5.09. The van der Waals surface area contributed by atoms with E-state index in [0.29, 0.717) is 13.2 Å². The molecule has 2 aromatic rings. The Labute approximate surface area is 195 Å². The summed E-state index contributed by atoms with van der Waals surface area (Å²) in [4.78, 5) is 4.31. The third kappa shape index (κ3) is 7.35. The zero-order valence-corrected chi connectivity index (χ0v) is 20.0. The topological polar surface area (TPSA) is 54.9 Å². The maximum atomic E-state index is 6.22. The fraction of sp³-hybridized carbons (Fsp3) is 0.409. The van der Waals surface area contributed by atoms with Crippen molar-refractivity contribution in [2.45, 2.75) is 32.4 Å². The molecule has 3 rings (SSSR count). The number of benzene rings is 2. The van der Waals surface area contributed by atoms with Gasteiger partial charge >= 0.3 is 0 Å². The number of rotatable bonds is 7. The molecule has 1 aliphatic heterocycles. The summed E-state index contributed by atoms with van der Waals surface area (Å²) in [7, 11) is 1.77. The molecule has 29 heavy (non-hydrogen) atoms. The van der Waals surface area contributed by atoms with Crippen LogP contribution in [-0.4, -0.2) is 38.9 Å². The first kappa shape index (κ1) is 23.8. The molecule has 5 nitrogen and oxygen atoms in total. The van der Waals surface area contributed by atoms with Crippen molar-refractivity contribution in [3.8, 4) is 5.75 Å². The predicted octanol–water partition coefficient (Wildman–Crippen LogP) is 4.34. The first-order valence-corrected chi connectivity index (χ1v) is 10.1. The Morgan fingerprint density at radius 2 is 2.03 bits per heavy atom. The molecule has 0 amide bonds. The zero-order chi connectivity index (χ0) is 19.8. The van der Waals surface area contributed by atoms with E-state index in [1.165, 1.54) is 5.56 Å². The van der Waals surface area contributed by atoms with Gasteiger partial charge in [0.1, 0.15) is 11.9 Å². The lowest BCUT2D eigenvalue weighted by molar-refractivity contribution is 0.140. The third-order valence-electron chi connectivity index (χ3n) is 4.72. The fourth-order valence-corrected chi connectivity index (χ4v) is 3.35. The minimum Gasteiger partial charge on any atom is -0.488 e. The SMILES string of the molecule is CN=C(NCCc1ccccc1Cl)NCc1ccc(C)cc1OC1CCOC1.I. The molecule has 2 N–H and O–H groups in total. The van der Waals surface area contributed by atoms with Crippen molar-refractivity contribution in [3.63, 3.8) is 0 Å². The second-order valence-electron chi connectivity index (χ2n) is 6.91. The van der Waals surface area contributed by atoms with E-state index in [9.17, 15) is 0 Å². The molecule has 0 radical (unpaired) electrons. The molecule has 158 valence electrons. The number of aryl methyl sites for hydroxylation is 1. The zero-order valence-electron chi connectivity index (χ0n) is 16.9. The molecular formula is C22H29ClIN3O2. The minimum absolute atomic E-state index is 0. The van der Waals surface area contributed by atoms with Crippen LogP contribution in [-0.2, 0) is 17.7 Å². The number of aliphatic imine (C=N–C) groups is 1. The molecule has 0 saturated carbocycles. The van der Waals surface area contributed by atoms with Crippen LogP contribution in [0.15, 0.2) is 47.5 Å². The average molecular weight is 530 g/mol. The predicted molar refractivity (Wildman–Crippen MR) is 130 cm³/mol. The van der Waals surface area contributed by atoms with Gasteiger partial charge in [-0.25, -0.2) is 0 Å². The van der Waals surface area contributed by atoms with Crippen molar-refractivity contribution in [1.29, 1.82) is 0 Å². The Morgan fingerprint density at radius 1 is 1.21 bits per heavy atom. The summed E-state index contributed by atoms with van der Waals surface area (Å²) >= 11 is 6.22. The van der Waals surface area contributed by atoms with Crippen LogP contribution in [0.25, 0.3) is 0 Å². The van der Waals surface area contributed by atoms with Gasteiger partial charge in [-0.2, -0.15) is 0 Å². The van der Waals surface area contributed by atoms with Crippen molar-refractivity contribution in [2.24, 2.45) is 4.99 Å².